The smallest absolute Gasteiger partial charge is 0.326 e. The molecular formula is C12H10N2O5. The molecule has 0 aromatic heterocycles. The van der Waals surface area contributed by atoms with Gasteiger partial charge in [0.2, 0.25) is 12.5 Å². The number of hydrogen-bond acceptors (Lipinski definition) is 5. The first kappa shape index (κ1) is 11.4. The van der Waals surface area contributed by atoms with Crippen molar-refractivity contribution in [1.29, 1.82) is 0 Å². The minimum absolute atomic E-state index is 0.128. The third-order valence-electron chi connectivity index (χ3n) is 2.71. The fourth-order valence-corrected chi connectivity index (χ4v) is 1.88. The number of rotatable bonds is 2. The van der Waals surface area contributed by atoms with E-state index in [0.717, 1.165) is 0 Å². The topological polar surface area (TPSA) is 85.9 Å². The van der Waals surface area contributed by atoms with E-state index in [9.17, 15) is 9.59 Å². The highest BCUT2D eigenvalue weighted by Gasteiger charge is 2.24. The van der Waals surface area contributed by atoms with E-state index in [1.807, 2.05) is 0 Å². The number of nitrogens with one attached hydrogen (secondary N) is 2. The second-order valence-corrected chi connectivity index (χ2v) is 3.92. The number of hydrogen-bond donors (Lipinski definition) is 2. The van der Waals surface area contributed by atoms with Gasteiger partial charge in [-0.15, -0.1) is 0 Å². The van der Waals surface area contributed by atoms with Crippen molar-refractivity contribution in [3.05, 3.63) is 23.4 Å². The van der Waals surface area contributed by atoms with Crippen molar-refractivity contribution in [3.8, 4) is 17.2 Å². The van der Waals surface area contributed by atoms with Crippen LogP contribution in [0, 0.1) is 0 Å². The van der Waals surface area contributed by atoms with Crippen molar-refractivity contribution in [2.24, 2.45) is 0 Å². The molecule has 2 aliphatic heterocycles. The van der Waals surface area contributed by atoms with E-state index in [2.05, 4.69) is 10.6 Å². The van der Waals surface area contributed by atoms with E-state index in [0.29, 0.717) is 22.8 Å². The average Bonchev–Trinajstić information content (AvgIpc) is 2.95. The Morgan fingerprint density at radius 1 is 1.26 bits per heavy atom. The molecule has 1 aromatic rings. The molecule has 1 saturated heterocycles. The van der Waals surface area contributed by atoms with Gasteiger partial charge in [0.05, 0.1) is 7.11 Å². The fourth-order valence-electron chi connectivity index (χ4n) is 1.88. The Labute approximate surface area is 108 Å². The summed E-state index contributed by atoms with van der Waals surface area (Å²) in [6.45, 7) is 0.128. The van der Waals surface area contributed by atoms with E-state index in [1.165, 1.54) is 13.2 Å². The summed E-state index contributed by atoms with van der Waals surface area (Å²) in [5.41, 5.74) is 0.833. The molecule has 0 spiro atoms. The minimum atomic E-state index is -0.538. The van der Waals surface area contributed by atoms with Gasteiger partial charge in [-0.05, 0) is 23.8 Å². The van der Waals surface area contributed by atoms with Crippen LogP contribution in [-0.2, 0) is 4.79 Å². The molecule has 2 aliphatic rings. The Hall–Kier alpha value is -2.70. The summed E-state index contributed by atoms with van der Waals surface area (Å²) >= 11 is 0. The number of carbonyl (C=O) groups is 2. The zero-order chi connectivity index (χ0) is 13.4. The van der Waals surface area contributed by atoms with Gasteiger partial charge < -0.3 is 19.5 Å². The molecule has 2 N–H and O–H groups in total. The lowest BCUT2D eigenvalue weighted by atomic mass is 10.1. The fraction of sp³-hybridized carbons (Fsp3) is 0.167. The SMILES string of the molecule is COc1cc(/C=C2/NC(=O)NC2=O)cc2c1OCO2. The molecule has 98 valence electrons. The molecule has 3 amide bonds. The van der Waals surface area contributed by atoms with Crippen molar-refractivity contribution in [2.75, 3.05) is 13.9 Å². The zero-order valence-corrected chi connectivity index (χ0v) is 9.98. The Morgan fingerprint density at radius 3 is 2.79 bits per heavy atom. The third kappa shape index (κ3) is 1.95. The normalized spacial score (nSPS) is 18.5. The number of methoxy groups -OCH3 is 1. The van der Waals surface area contributed by atoms with Gasteiger partial charge in [0.1, 0.15) is 5.70 Å². The monoisotopic (exact) mass is 262 g/mol. The molecule has 0 aliphatic carbocycles. The van der Waals surface area contributed by atoms with Crippen LogP contribution in [0.5, 0.6) is 17.2 Å². The summed E-state index contributed by atoms with van der Waals surface area (Å²) in [7, 11) is 1.51. The number of fused-ring (bicyclic) bond motifs is 1. The molecule has 7 nitrogen and oxygen atoms in total. The number of carbonyl (C=O) groups excluding carboxylic acids is 2. The number of amides is 3. The van der Waals surface area contributed by atoms with Crippen LogP contribution in [0.25, 0.3) is 6.08 Å². The van der Waals surface area contributed by atoms with Gasteiger partial charge in [0.15, 0.2) is 11.5 Å². The van der Waals surface area contributed by atoms with Crippen LogP contribution < -0.4 is 24.8 Å². The van der Waals surface area contributed by atoms with E-state index in [1.54, 1.807) is 12.1 Å². The number of urea groups is 1. The molecule has 19 heavy (non-hydrogen) atoms. The van der Waals surface area contributed by atoms with Crippen LogP contribution in [0.2, 0.25) is 0 Å². The quantitative estimate of drug-likeness (QED) is 0.602. The van der Waals surface area contributed by atoms with Gasteiger partial charge in [-0.1, -0.05) is 0 Å². The van der Waals surface area contributed by atoms with Crippen molar-refractivity contribution >= 4 is 18.0 Å². The maximum Gasteiger partial charge on any atom is 0.326 e. The molecule has 1 fully saturated rings. The Morgan fingerprint density at radius 2 is 2.11 bits per heavy atom. The Kier molecular flexibility index (Phi) is 2.52. The average molecular weight is 262 g/mol. The van der Waals surface area contributed by atoms with Gasteiger partial charge in [0, 0.05) is 0 Å². The number of benzene rings is 1. The van der Waals surface area contributed by atoms with E-state index in [-0.39, 0.29) is 12.5 Å². The highest BCUT2D eigenvalue weighted by Crippen LogP contribution is 2.42. The van der Waals surface area contributed by atoms with Crippen molar-refractivity contribution in [1.82, 2.24) is 10.6 Å². The van der Waals surface area contributed by atoms with Crippen LogP contribution in [0.1, 0.15) is 5.56 Å². The summed E-state index contributed by atoms with van der Waals surface area (Å²) in [6, 6.07) is 2.86. The first-order chi connectivity index (χ1) is 9.17. The molecule has 2 heterocycles. The molecular weight excluding hydrogens is 252 g/mol. The summed E-state index contributed by atoms with van der Waals surface area (Å²) in [5.74, 6) is 1.11. The second kappa shape index (κ2) is 4.20. The van der Waals surface area contributed by atoms with Crippen LogP contribution in [0.15, 0.2) is 17.8 Å². The molecule has 0 unspecified atom stereocenters. The standard InChI is InChI=1S/C12H10N2O5/c1-17-8-3-6(4-9-10(8)19-5-18-9)2-7-11(15)14-12(16)13-7/h2-4H,5H2,1H3,(H2,13,14,15,16)/b7-2+. The van der Waals surface area contributed by atoms with Crippen molar-refractivity contribution < 1.29 is 23.8 Å². The summed E-state index contributed by atoms with van der Waals surface area (Å²) in [5, 5.41) is 4.53. The predicted octanol–water partition coefficient (Wildman–Crippen LogP) is 0.604. The maximum atomic E-state index is 11.4. The van der Waals surface area contributed by atoms with Crippen molar-refractivity contribution in [2.45, 2.75) is 0 Å². The van der Waals surface area contributed by atoms with Crippen LogP contribution in [0.3, 0.4) is 0 Å². The Balaban J connectivity index is 2.00. The summed E-state index contributed by atoms with van der Waals surface area (Å²) < 4.78 is 15.7. The first-order valence-corrected chi connectivity index (χ1v) is 5.49. The number of imide groups is 1. The van der Waals surface area contributed by atoms with E-state index in [4.69, 9.17) is 14.2 Å². The van der Waals surface area contributed by atoms with E-state index < -0.39 is 11.9 Å². The lowest BCUT2D eigenvalue weighted by Gasteiger charge is -2.06. The van der Waals surface area contributed by atoms with Gasteiger partial charge in [-0.2, -0.15) is 0 Å². The zero-order valence-electron chi connectivity index (χ0n) is 9.98. The largest absolute Gasteiger partial charge is 0.493 e. The van der Waals surface area contributed by atoms with Crippen LogP contribution >= 0.6 is 0 Å². The van der Waals surface area contributed by atoms with Crippen LogP contribution in [-0.4, -0.2) is 25.8 Å². The van der Waals surface area contributed by atoms with Crippen LogP contribution in [0.4, 0.5) is 4.79 Å². The molecule has 0 saturated carbocycles. The molecule has 1 aromatic carbocycles. The Bertz CT molecular complexity index is 608. The molecule has 0 bridgehead atoms. The molecule has 3 rings (SSSR count). The van der Waals surface area contributed by atoms with E-state index >= 15 is 0 Å². The maximum absolute atomic E-state index is 11.4. The number of ether oxygens (including phenoxy) is 3. The molecule has 0 atom stereocenters. The lowest BCUT2D eigenvalue weighted by Crippen LogP contribution is -2.22. The van der Waals surface area contributed by atoms with Gasteiger partial charge >= 0.3 is 6.03 Å². The summed E-state index contributed by atoms with van der Waals surface area (Å²) in [6.07, 6.45) is 1.53. The van der Waals surface area contributed by atoms with Crippen molar-refractivity contribution in [3.63, 3.8) is 0 Å². The summed E-state index contributed by atoms with van der Waals surface area (Å²) in [4.78, 5) is 22.4. The highest BCUT2D eigenvalue weighted by molar-refractivity contribution is 6.14. The first-order valence-electron chi connectivity index (χ1n) is 5.49. The molecule has 0 radical (unpaired) electrons. The third-order valence-corrected chi connectivity index (χ3v) is 2.71. The highest BCUT2D eigenvalue weighted by atomic mass is 16.7. The predicted molar refractivity (Wildman–Crippen MR) is 63.8 cm³/mol. The molecule has 7 heteroatoms. The minimum Gasteiger partial charge on any atom is -0.493 e. The van der Waals surface area contributed by atoms with Gasteiger partial charge in [-0.3, -0.25) is 10.1 Å². The van der Waals surface area contributed by atoms with Gasteiger partial charge in [-0.25, -0.2) is 4.79 Å². The second-order valence-electron chi connectivity index (χ2n) is 3.92. The van der Waals surface area contributed by atoms with Gasteiger partial charge in [0.25, 0.3) is 5.91 Å². The lowest BCUT2D eigenvalue weighted by molar-refractivity contribution is -0.115.